The SMILES string of the molecule is CCn1cnnc1CNC(C)c1ccc(OC)c(Br)c1. The first kappa shape index (κ1) is 15.0. The Morgan fingerprint density at radius 1 is 1.45 bits per heavy atom. The molecule has 0 radical (unpaired) electrons. The molecule has 1 aromatic carbocycles. The summed E-state index contributed by atoms with van der Waals surface area (Å²) in [5.74, 6) is 1.79. The van der Waals surface area contributed by atoms with E-state index in [-0.39, 0.29) is 6.04 Å². The molecule has 1 aromatic heterocycles. The summed E-state index contributed by atoms with van der Waals surface area (Å²) in [4.78, 5) is 0. The van der Waals surface area contributed by atoms with Crippen LogP contribution in [0, 0.1) is 0 Å². The predicted molar refractivity (Wildman–Crippen MR) is 81.6 cm³/mol. The minimum Gasteiger partial charge on any atom is -0.496 e. The fourth-order valence-corrected chi connectivity index (χ4v) is 2.55. The van der Waals surface area contributed by atoms with Crippen molar-refractivity contribution in [3.05, 3.63) is 40.4 Å². The highest BCUT2D eigenvalue weighted by Crippen LogP contribution is 2.28. The molecular formula is C14H19BrN4O. The highest BCUT2D eigenvalue weighted by Gasteiger charge is 2.10. The number of hydrogen-bond acceptors (Lipinski definition) is 4. The minimum atomic E-state index is 0.221. The summed E-state index contributed by atoms with van der Waals surface area (Å²) in [5, 5.41) is 11.5. The Labute approximate surface area is 127 Å². The first-order chi connectivity index (χ1) is 9.65. The van der Waals surface area contributed by atoms with Gasteiger partial charge in [0.15, 0.2) is 0 Å². The average Bonchev–Trinajstić information content (AvgIpc) is 2.92. The van der Waals surface area contributed by atoms with Crippen molar-refractivity contribution in [1.82, 2.24) is 20.1 Å². The molecule has 5 nitrogen and oxygen atoms in total. The maximum Gasteiger partial charge on any atom is 0.146 e. The van der Waals surface area contributed by atoms with Gasteiger partial charge in [0.1, 0.15) is 17.9 Å². The van der Waals surface area contributed by atoms with Crippen LogP contribution in [0.1, 0.15) is 31.3 Å². The standard InChI is InChI=1S/C14H19BrN4O/c1-4-19-9-17-18-14(19)8-16-10(2)11-5-6-13(20-3)12(15)7-11/h5-7,9-10,16H,4,8H2,1-3H3. The number of halogens is 1. The molecule has 2 rings (SSSR count). The lowest BCUT2D eigenvalue weighted by Crippen LogP contribution is -2.20. The molecule has 1 heterocycles. The van der Waals surface area contributed by atoms with E-state index in [0.29, 0.717) is 6.54 Å². The second-order valence-corrected chi connectivity index (χ2v) is 5.38. The summed E-state index contributed by atoms with van der Waals surface area (Å²) in [6.07, 6.45) is 1.76. The van der Waals surface area contributed by atoms with Gasteiger partial charge in [0, 0.05) is 12.6 Å². The monoisotopic (exact) mass is 338 g/mol. The lowest BCUT2D eigenvalue weighted by atomic mass is 10.1. The van der Waals surface area contributed by atoms with E-state index in [0.717, 1.165) is 22.6 Å². The van der Waals surface area contributed by atoms with Gasteiger partial charge in [-0.1, -0.05) is 6.07 Å². The number of aromatic nitrogens is 3. The van der Waals surface area contributed by atoms with Gasteiger partial charge in [0.05, 0.1) is 18.1 Å². The third kappa shape index (κ3) is 3.37. The molecule has 0 aliphatic rings. The van der Waals surface area contributed by atoms with E-state index in [1.807, 2.05) is 10.6 Å². The minimum absolute atomic E-state index is 0.221. The Kier molecular flexibility index (Phi) is 5.14. The quantitative estimate of drug-likeness (QED) is 0.879. The van der Waals surface area contributed by atoms with Gasteiger partial charge in [-0.3, -0.25) is 0 Å². The molecule has 1 unspecified atom stereocenters. The number of methoxy groups -OCH3 is 1. The van der Waals surface area contributed by atoms with Gasteiger partial charge < -0.3 is 14.6 Å². The molecule has 0 bridgehead atoms. The second-order valence-electron chi connectivity index (χ2n) is 4.53. The number of aryl methyl sites for hydroxylation is 1. The highest BCUT2D eigenvalue weighted by molar-refractivity contribution is 9.10. The maximum atomic E-state index is 5.24. The Morgan fingerprint density at radius 2 is 2.25 bits per heavy atom. The predicted octanol–water partition coefficient (Wildman–Crippen LogP) is 2.92. The number of nitrogens with zero attached hydrogens (tertiary/aromatic N) is 3. The normalized spacial score (nSPS) is 12.4. The summed E-state index contributed by atoms with van der Waals surface area (Å²) in [6.45, 7) is 5.78. The fraction of sp³-hybridized carbons (Fsp3) is 0.429. The molecule has 6 heteroatoms. The van der Waals surface area contributed by atoms with Crippen molar-refractivity contribution in [3.63, 3.8) is 0 Å². The zero-order chi connectivity index (χ0) is 14.5. The summed E-state index contributed by atoms with van der Waals surface area (Å²) < 4.78 is 8.23. The van der Waals surface area contributed by atoms with Crippen molar-refractivity contribution in [2.75, 3.05) is 7.11 Å². The van der Waals surface area contributed by atoms with E-state index in [1.54, 1.807) is 13.4 Å². The van der Waals surface area contributed by atoms with Gasteiger partial charge in [0.2, 0.25) is 0 Å². The van der Waals surface area contributed by atoms with E-state index in [1.165, 1.54) is 5.56 Å². The Bertz CT molecular complexity index is 570. The lowest BCUT2D eigenvalue weighted by Gasteiger charge is -2.15. The Balaban J connectivity index is 2.01. The fourth-order valence-electron chi connectivity index (χ4n) is 1.99. The van der Waals surface area contributed by atoms with E-state index >= 15 is 0 Å². The maximum absolute atomic E-state index is 5.24. The average molecular weight is 339 g/mol. The molecule has 1 atom stereocenters. The third-order valence-electron chi connectivity index (χ3n) is 3.28. The summed E-state index contributed by atoms with van der Waals surface area (Å²) >= 11 is 3.51. The van der Waals surface area contributed by atoms with Crippen LogP contribution in [0.15, 0.2) is 29.0 Å². The van der Waals surface area contributed by atoms with Crippen molar-refractivity contribution >= 4 is 15.9 Å². The van der Waals surface area contributed by atoms with Crippen LogP contribution in [0.5, 0.6) is 5.75 Å². The van der Waals surface area contributed by atoms with Crippen molar-refractivity contribution in [3.8, 4) is 5.75 Å². The summed E-state index contributed by atoms with van der Waals surface area (Å²) in [6, 6.07) is 6.32. The van der Waals surface area contributed by atoms with Crippen molar-refractivity contribution in [2.45, 2.75) is 33.0 Å². The van der Waals surface area contributed by atoms with Crippen molar-refractivity contribution < 1.29 is 4.74 Å². The van der Waals surface area contributed by atoms with Crippen LogP contribution in [0.25, 0.3) is 0 Å². The van der Waals surface area contributed by atoms with Crippen molar-refractivity contribution in [2.24, 2.45) is 0 Å². The smallest absolute Gasteiger partial charge is 0.146 e. The lowest BCUT2D eigenvalue weighted by molar-refractivity contribution is 0.411. The summed E-state index contributed by atoms with van der Waals surface area (Å²) in [7, 11) is 1.67. The molecule has 0 fully saturated rings. The highest BCUT2D eigenvalue weighted by atomic mass is 79.9. The van der Waals surface area contributed by atoms with Crippen LogP contribution < -0.4 is 10.1 Å². The number of nitrogens with one attached hydrogen (secondary N) is 1. The third-order valence-corrected chi connectivity index (χ3v) is 3.90. The van der Waals surface area contributed by atoms with Crippen LogP contribution in [-0.2, 0) is 13.1 Å². The molecule has 108 valence electrons. The first-order valence-electron chi connectivity index (χ1n) is 6.59. The first-order valence-corrected chi connectivity index (χ1v) is 7.38. The topological polar surface area (TPSA) is 52.0 Å². The van der Waals surface area contributed by atoms with E-state index in [2.05, 4.69) is 57.4 Å². The van der Waals surface area contributed by atoms with Crippen LogP contribution in [0.2, 0.25) is 0 Å². The van der Waals surface area contributed by atoms with Crippen molar-refractivity contribution in [1.29, 1.82) is 0 Å². The van der Waals surface area contributed by atoms with E-state index < -0.39 is 0 Å². The van der Waals surface area contributed by atoms with Crippen LogP contribution >= 0.6 is 15.9 Å². The summed E-state index contributed by atoms with van der Waals surface area (Å²) in [5.41, 5.74) is 1.19. The Morgan fingerprint density at radius 3 is 2.90 bits per heavy atom. The number of rotatable bonds is 6. The van der Waals surface area contributed by atoms with E-state index in [9.17, 15) is 0 Å². The van der Waals surface area contributed by atoms with Gasteiger partial charge in [-0.05, 0) is 47.5 Å². The largest absolute Gasteiger partial charge is 0.496 e. The number of benzene rings is 1. The van der Waals surface area contributed by atoms with Crippen LogP contribution in [-0.4, -0.2) is 21.9 Å². The molecule has 0 spiro atoms. The zero-order valence-corrected chi connectivity index (χ0v) is 13.5. The molecule has 0 amide bonds. The molecular weight excluding hydrogens is 320 g/mol. The van der Waals surface area contributed by atoms with Gasteiger partial charge in [0.25, 0.3) is 0 Å². The molecule has 0 saturated heterocycles. The molecule has 20 heavy (non-hydrogen) atoms. The molecule has 2 aromatic rings. The van der Waals surface area contributed by atoms with Gasteiger partial charge in [-0.2, -0.15) is 0 Å². The van der Waals surface area contributed by atoms with E-state index in [4.69, 9.17) is 4.74 Å². The van der Waals surface area contributed by atoms with Gasteiger partial charge >= 0.3 is 0 Å². The second kappa shape index (κ2) is 6.85. The Hall–Kier alpha value is -1.40. The molecule has 0 saturated carbocycles. The van der Waals surface area contributed by atoms with Gasteiger partial charge in [-0.25, -0.2) is 0 Å². The van der Waals surface area contributed by atoms with Gasteiger partial charge in [-0.15, -0.1) is 10.2 Å². The molecule has 1 N–H and O–H groups in total. The number of ether oxygens (including phenoxy) is 1. The number of hydrogen-bond donors (Lipinski definition) is 1. The molecule has 0 aliphatic carbocycles. The molecule has 0 aliphatic heterocycles. The van der Waals surface area contributed by atoms with Crippen LogP contribution in [0.4, 0.5) is 0 Å². The van der Waals surface area contributed by atoms with Crippen LogP contribution in [0.3, 0.4) is 0 Å². The zero-order valence-electron chi connectivity index (χ0n) is 11.9.